The zero-order chi connectivity index (χ0) is 23.2. The maximum Gasteiger partial charge on any atom is 0.276 e. The molecule has 10 heteroatoms. The molecule has 170 valence electrons. The molecule has 0 spiro atoms. The van der Waals surface area contributed by atoms with Crippen LogP contribution in [0.15, 0.2) is 45.9 Å². The van der Waals surface area contributed by atoms with Crippen LogP contribution in [0.4, 0.5) is 0 Å². The van der Waals surface area contributed by atoms with Crippen molar-refractivity contribution in [2.24, 2.45) is 16.1 Å². The first-order valence-electron chi connectivity index (χ1n) is 10.7. The highest BCUT2D eigenvalue weighted by Crippen LogP contribution is 2.46. The summed E-state index contributed by atoms with van der Waals surface area (Å²) in [5, 5.41) is 16.8. The van der Waals surface area contributed by atoms with E-state index in [1.165, 1.54) is 0 Å². The number of aryl methyl sites for hydroxylation is 2. The van der Waals surface area contributed by atoms with E-state index >= 15 is 0 Å². The number of carbonyl (C=O) groups is 2. The number of nitrogens with one attached hydrogen (secondary N) is 1. The van der Waals surface area contributed by atoms with Crippen molar-refractivity contribution >= 4 is 17.8 Å². The zero-order valence-electron chi connectivity index (χ0n) is 18.8. The van der Waals surface area contributed by atoms with E-state index < -0.39 is 5.91 Å². The maximum atomic E-state index is 13.0. The fourth-order valence-electron chi connectivity index (χ4n) is 4.49. The number of guanidine groups is 1. The lowest BCUT2D eigenvalue weighted by atomic mass is 9.84. The van der Waals surface area contributed by atoms with Crippen LogP contribution in [0.5, 0.6) is 0 Å². The second-order valence-corrected chi connectivity index (χ2v) is 8.83. The number of amides is 2. The third kappa shape index (κ3) is 3.60. The summed E-state index contributed by atoms with van der Waals surface area (Å²) in [4.78, 5) is 33.7. The summed E-state index contributed by atoms with van der Waals surface area (Å²) in [5.41, 5.74) is 9.58. The van der Waals surface area contributed by atoms with Crippen LogP contribution in [0, 0.1) is 12.3 Å². The van der Waals surface area contributed by atoms with Gasteiger partial charge in [-0.15, -0.1) is 0 Å². The highest BCUT2D eigenvalue weighted by molar-refractivity contribution is 6.07. The first-order chi connectivity index (χ1) is 15.2. The Hall–Kier alpha value is -3.40. The molecule has 3 aliphatic rings. The fourth-order valence-corrected chi connectivity index (χ4v) is 4.49. The quantitative estimate of drug-likeness (QED) is 0.612. The zero-order valence-corrected chi connectivity index (χ0v) is 18.8. The van der Waals surface area contributed by atoms with Crippen molar-refractivity contribution in [2.45, 2.75) is 34.2 Å². The van der Waals surface area contributed by atoms with Gasteiger partial charge in [0, 0.05) is 49.6 Å². The molecule has 0 saturated carbocycles. The number of rotatable bonds is 5. The molecule has 2 amide bonds. The minimum Gasteiger partial charge on any atom is -0.395 e. The van der Waals surface area contributed by atoms with E-state index in [1.807, 2.05) is 23.6 Å². The number of aliphatic imine (C=N–C) groups is 1. The molecule has 0 aromatic carbocycles. The van der Waals surface area contributed by atoms with E-state index in [9.17, 15) is 14.7 Å². The van der Waals surface area contributed by atoms with E-state index in [0.29, 0.717) is 49.0 Å². The Labute approximate surface area is 186 Å². The summed E-state index contributed by atoms with van der Waals surface area (Å²) in [7, 11) is 0. The summed E-state index contributed by atoms with van der Waals surface area (Å²) < 4.78 is 1.65. The molecular formula is C22H29N7O3. The van der Waals surface area contributed by atoms with E-state index in [-0.39, 0.29) is 17.9 Å². The Balaban J connectivity index is 1.75. The number of carbonyl (C=O) groups excluding carboxylic acids is 2. The summed E-state index contributed by atoms with van der Waals surface area (Å²) >= 11 is 0. The molecule has 1 aromatic heterocycles. The molecule has 0 saturated heterocycles. The molecule has 0 bridgehead atoms. The number of nitrogens with two attached hydrogens (primary N) is 1. The molecule has 1 aromatic rings. The predicted octanol–water partition coefficient (Wildman–Crippen LogP) is 0.468. The van der Waals surface area contributed by atoms with Crippen molar-refractivity contribution in [3.8, 4) is 0 Å². The minimum absolute atomic E-state index is 0.0450. The Bertz CT molecular complexity index is 1110. The molecule has 10 nitrogen and oxygen atoms in total. The maximum absolute atomic E-state index is 13.0. The number of aliphatic hydroxyl groups excluding tert-OH is 1. The van der Waals surface area contributed by atoms with Crippen molar-refractivity contribution in [1.29, 1.82) is 0 Å². The van der Waals surface area contributed by atoms with Crippen LogP contribution in [0.2, 0.25) is 0 Å². The molecule has 0 fully saturated rings. The minimum atomic E-state index is -0.567. The largest absolute Gasteiger partial charge is 0.395 e. The number of hydrogen-bond acceptors (Lipinski definition) is 7. The highest BCUT2D eigenvalue weighted by atomic mass is 16.3. The van der Waals surface area contributed by atoms with Gasteiger partial charge in [0.25, 0.3) is 11.8 Å². The molecule has 4 N–H and O–H groups in total. The van der Waals surface area contributed by atoms with Crippen LogP contribution >= 0.6 is 0 Å². The summed E-state index contributed by atoms with van der Waals surface area (Å²) in [6.45, 7) is 10.0. The van der Waals surface area contributed by atoms with Crippen LogP contribution in [0.1, 0.15) is 37.0 Å². The first kappa shape index (κ1) is 21.8. The van der Waals surface area contributed by atoms with Crippen LogP contribution in [0.25, 0.3) is 0 Å². The van der Waals surface area contributed by atoms with Gasteiger partial charge in [0.05, 0.1) is 23.6 Å². The molecule has 0 aliphatic carbocycles. The van der Waals surface area contributed by atoms with E-state index in [2.05, 4.69) is 29.3 Å². The van der Waals surface area contributed by atoms with Gasteiger partial charge in [-0.05, 0) is 25.5 Å². The number of nitrogens with zero attached hydrogens (tertiary/aromatic N) is 5. The number of aromatic nitrogens is 2. The fraction of sp³-hybridized carbons (Fsp3) is 0.455. The molecule has 32 heavy (non-hydrogen) atoms. The summed E-state index contributed by atoms with van der Waals surface area (Å²) in [6, 6.07) is 1.74. The second-order valence-electron chi connectivity index (χ2n) is 8.83. The average Bonchev–Trinajstić information content (AvgIpc) is 3.16. The van der Waals surface area contributed by atoms with Crippen LogP contribution in [0.3, 0.4) is 0 Å². The van der Waals surface area contributed by atoms with Crippen LogP contribution < -0.4 is 11.1 Å². The lowest BCUT2D eigenvalue weighted by Gasteiger charge is -2.30. The molecule has 4 rings (SSSR count). The lowest BCUT2D eigenvalue weighted by Crippen LogP contribution is -2.46. The van der Waals surface area contributed by atoms with Gasteiger partial charge < -0.3 is 20.6 Å². The van der Waals surface area contributed by atoms with Gasteiger partial charge in [0.2, 0.25) is 5.96 Å². The number of aliphatic hydroxyl groups is 1. The van der Waals surface area contributed by atoms with Crippen molar-refractivity contribution in [1.82, 2.24) is 24.9 Å². The Morgan fingerprint density at radius 1 is 1.34 bits per heavy atom. The molecule has 0 atom stereocenters. The van der Waals surface area contributed by atoms with Crippen molar-refractivity contribution in [2.75, 3.05) is 26.2 Å². The lowest BCUT2D eigenvalue weighted by molar-refractivity contribution is -0.114. The van der Waals surface area contributed by atoms with Gasteiger partial charge in [-0.3, -0.25) is 19.6 Å². The topological polar surface area (TPSA) is 129 Å². The molecule has 0 unspecified atom stereocenters. The van der Waals surface area contributed by atoms with Crippen molar-refractivity contribution in [3.05, 3.63) is 52.3 Å². The normalized spacial score (nSPS) is 19.2. The Morgan fingerprint density at radius 3 is 2.75 bits per heavy atom. The number of allylic oxidation sites excluding steroid dienone is 1. The second kappa shape index (κ2) is 7.94. The van der Waals surface area contributed by atoms with Gasteiger partial charge >= 0.3 is 0 Å². The van der Waals surface area contributed by atoms with Gasteiger partial charge in [-0.25, -0.2) is 4.99 Å². The van der Waals surface area contributed by atoms with Gasteiger partial charge in [-0.2, -0.15) is 5.10 Å². The van der Waals surface area contributed by atoms with Crippen LogP contribution in [-0.2, 0) is 11.3 Å². The SMILES string of the molecule is CCn1nc(C)cc1C(=O)NC1=NC=C2C(C(N)=O)=CN(CCO)CC3=C2N1CC3(C)C. The van der Waals surface area contributed by atoms with E-state index in [0.717, 1.165) is 17.0 Å². The van der Waals surface area contributed by atoms with Gasteiger partial charge in [-0.1, -0.05) is 13.8 Å². The predicted molar refractivity (Wildman–Crippen MR) is 119 cm³/mol. The van der Waals surface area contributed by atoms with Crippen molar-refractivity contribution in [3.63, 3.8) is 0 Å². The molecule has 3 aliphatic heterocycles. The van der Waals surface area contributed by atoms with Gasteiger partial charge in [0.15, 0.2) is 0 Å². The van der Waals surface area contributed by atoms with Crippen LogP contribution in [-0.4, -0.2) is 68.7 Å². The number of primary amides is 1. The third-order valence-electron chi connectivity index (χ3n) is 6.03. The Morgan fingerprint density at radius 2 is 2.09 bits per heavy atom. The molecular weight excluding hydrogens is 410 g/mol. The highest BCUT2D eigenvalue weighted by Gasteiger charge is 2.45. The molecule has 4 heterocycles. The Kier molecular flexibility index (Phi) is 5.41. The van der Waals surface area contributed by atoms with E-state index in [1.54, 1.807) is 23.1 Å². The summed E-state index contributed by atoms with van der Waals surface area (Å²) in [6.07, 6.45) is 3.28. The van der Waals surface area contributed by atoms with Crippen molar-refractivity contribution < 1.29 is 14.7 Å². The first-order valence-corrected chi connectivity index (χ1v) is 10.7. The number of hydrogen-bond donors (Lipinski definition) is 3. The van der Waals surface area contributed by atoms with Gasteiger partial charge in [0.1, 0.15) is 5.69 Å². The monoisotopic (exact) mass is 439 g/mol. The van der Waals surface area contributed by atoms with E-state index in [4.69, 9.17) is 5.73 Å². The molecule has 0 radical (unpaired) electrons. The standard InChI is InChI=1S/C22H29N7O3/c1-5-29-17(8-13(2)26-29)20(32)25-21-24-9-14-15(19(23)31)10-27(6-7-30)11-16-18(14)28(21)12-22(16,3)4/h8-10,30H,5-7,11-12H2,1-4H3,(H2,23,31)(H,24,25,32). The average molecular weight is 440 g/mol. The smallest absolute Gasteiger partial charge is 0.276 e. The third-order valence-corrected chi connectivity index (χ3v) is 6.03. The number of β-amino-alcohol motifs (C(OH)–C–C–N with tert-alkyl or cyclic N) is 1. The summed E-state index contributed by atoms with van der Waals surface area (Å²) in [5.74, 6) is -0.462.